The third-order valence-corrected chi connectivity index (χ3v) is 5.01. The zero-order valence-corrected chi connectivity index (χ0v) is 14.6. The van der Waals surface area contributed by atoms with Crippen molar-refractivity contribution in [1.82, 2.24) is 24.9 Å². The number of nitrogens with zero attached hydrogens (tertiary/aromatic N) is 4. The molecule has 2 aromatic heterocycles. The molecule has 1 fully saturated rings. The summed E-state index contributed by atoms with van der Waals surface area (Å²) in [5.74, 6) is 0.710. The zero-order chi connectivity index (χ0) is 17.4. The van der Waals surface area contributed by atoms with Gasteiger partial charge in [0.25, 0.3) is 0 Å². The average Bonchev–Trinajstić information content (AvgIpc) is 3.23. The van der Waals surface area contributed by atoms with E-state index in [0.717, 1.165) is 36.1 Å². The van der Waals surface area contributed by atoms with Crippen molar-refractivity contribution in [3.63, 3.8) is 0 Å². The quantitative estimate of drug-likeness (QED) is 0.703. The predicted molar refractivity (Wildman–Crippen MR) is 96.2 cm³/mol. The molecular weight excluding hydrogens is 314 g/mol. The molecule has 1 N–H and O–H groups in total. The molecule has 1 amide bonds. The first kappa shape index (κ1) is 15.9. The lowest BCUT2D eigenvalue weighted by atomic mass is 10.1. The number of fused-ring (bicyclic) bond motifs is 1. The van der Waals surface area contributed by atoms with Crippen molar-refractivity contribution in [1.29, 1.82) is 0 Å². The molecule has 4 rings (SSSR count). The lowest BCUT2D eigenvalue weighted by Crippen LogP contribution is -2.27. The average molecular weight is 337 g/mol. The fourth-order valence-electron chi connectivity index (χ4n) is 3.61. The first-order chi connectivity index (χ1) is 12.1. The Morgan fingerprint density at radius 3 is 2.92 bits per heavy atom. The Morgan fingerprint density at radius 1 is 1.32 bits per heavy atom. The van der Waals surface area contributed by atoms with Gasteiger partial charge in [-0.25, -0.2) is 0 Å². The Labute approximate surface area is 146 Å². The summed E-state index contributed by atoms with van der Waals surface area (Å²) in [6.45, 7) is 3.46. The van der Waals surface area contributed by atoms with Crippen LogP contribution in [-0.2, 0) is 18.4 Å². The number of hydrogen-bond donors (Lipinski definition) is 1. The van der Waals surface area contributed by atoms with Gasteiger partial charge >= 0.3 is 0 Å². The summed E-state index contributed by atoms with van der Waals surface area (Å²) in [5.41, 5.74) is 4.39. The number of aryl methyl sites for hydroxylation is 3. The summed E-state index contributed by atoms with van der Waals surface area (Å²) in [6.07, 6.45) is 3.67. The minimum Gasteiger partial charge on any atom is -0.356 e. The number of amides is 1. The van der Waals surface area contributed by atoms with Crippen LogP contribution in [0, 0.1) is 12.8 Å². The molecule has 0 spiro atoms. The standard InChI is InChI=1S/C19H23N5O/c1-13-18-17(23(2)22-13)12-21-24(18)10-6-9-20-19(25)16-11-15(16)14-7-4-3-5-8-14/h3-5,7-8,12,15-16H,6,9-11H2,1-2H3,(H,20,25)/t15-,16+/m0/s1. The Kier molecular flexibility index (Phi) is 4.03. The summed E-state index contributed by atoms with van der Waals surface area (Å²) >= 11 is 0. The summed E-state index contributed by atoms with van der Waals surface area (Å²) in [4.78, 5) is 12.3. The molecule has 0 bridgehead atoms. The number of rotatable bonds is 6. The van der Waals surface area contributed by atoms with Gasteiger partial charge in [-0.2, -0.15) is 10.2 Å². The van der Waals surface area contributed by atoms with E-state index < -0.39 is 0 Å². The van der Waals surface area contributed by atoms with Crippen molar-refractivity contribution in [2.75, 3.05) is 6.54 Å². The van der Waals surface area contributed by atoms with Crippen LogP contribution >= 0.6 is 0 Å². The molecule has 0 unspecified atom stereocenters. The first-order valence-corrected chi connectivity index (χ1v) is 8.83. The van der Waals surface area contributed by atoms with Crippen LogP contribution in [0.4, 0.5) is 0 Å². The Morgan fingerprint density at radius 2 is 2.12 bits per heavy atom. The van der Waals surface area contributed by atoms with Gasteiger partial charge in [-0.3, -0.25) is 14.2 Å². The number of benzene rings is 1. The second kappa shape index (κ2) is 6.35. The molecule has 6 heteroatoms. The van der Waals surface area contributed by atoms with Crippen LogP contribution in [-0.4, -0.2) is 32.0 Å². The van der Waals surface area contributed by atoms with Crippen LogP contribution in [0.15, 0.2) is 36.5 Å². The van der Waals surface area contributed by atoms with Crippen LogP contribution in [0.3, 0.4) is 0 Å². The first-order valence-electron chi connectivity index (χ1n) is 8.83. The van der Waals surface area contributed by atoms with Gasteiger partial charge in [0.05, 0.1) is 11.9 Å². The van der Waals surface area contributed by atoms with Crippen LogP contribution in [0.5, 0.6) is 0 Å². The molecule has 3 aromatic rings. The van der Waals surface area contributed by atoms with Crippen molar-refractivity contribution in [3.05, 3.63) is 47.8 Å². The SMILES string of the molecule is Cc1nn(C)c2cnn(CCCNC(=O)[C@@H]3C[C@H]3c3ccccc3)c12. The Hall–Kier alpha value is -2.63. The van der Waals surface area contributed by atoms with Gasteiger partial charge in [0.1, 0.15) is 11.0 Å². The molecule has 25 heavy (non-hydrogen) atoms. The van der Waals surface area contributed by atoms with E-state index in [-0.39, 0.29) is 11.8 Å². The molecule has 0 radical (unpaired) electrons. The van der Waals surface area contributed by atoms with E-state index in [1.54, 1.807) is 0 Å². The van der Waals surface area contributed by atoms with Gasteiger partial charge in [0, 0.05) is 26.1 Å². The molecule has 2 heterocycles. The molecule has 0 aliphatic heterocycles. The summed E-state index contributed by atoms with van der Waals surface area (Å²) in [7, 11) is 1.93. The Bertz CT molecular complexity index is 895. The molecule has 130 valence electrons. The molecule has 1 aliphatic carbocycles. The van der Waals surface area contributed by atoms with Gasteiger partial charge in [-0.15, -0.1) is 0 Å². The number of nitrogens with one attached hydrogen (secondary N) is 1. The maximum absolute atomic E-state index is 12.3. The molecule has 1 aliphatic rings. The minimum absolute atomic E-state index is 0.138. The molecular formula is C19H23N5O. The zero-order valence-electron chi connectivity index (χ0n) is 14.6. The smallest absolute Gasteiger partial charge is 0.223 e. The second-order valence-corrected chi connectivity index (χ2v) is 6.81. The number of carbonyl (C=O) groups is 1. The summed E-state index contributed by atoms with van der Waals surface area (Å²) in [5, 5.41) is 11.9. The van der Waals surface area contributed by atoms with Crippen molar-refractivity contribution in [3.8, 4) is 0 Å². The fraction of sp³-hybridized carbons (Fsp3) is 0.421. The van der Waals surface area contributed by atoms with Gasteiger partial charge in [-0.1, -0.05) is 30.3 Å². The van der Waals surface area contributed by atoms with Gasteiger partial charge in [0.15, 0.2) is 0 Å². The van der Waals surface area contributed by atoms with Crippen molar-refractivity contribution in [2.45, 2.75) is 32.2 Å². The van der Waals surface area contributed by atoms with E-state index in [2.05, 4.69) is 27.6 Å². The highest BCUT2D eigenvalue weighted by atomic mass is 16.2. The molecule has 0 saturated heterocycles. The van der Waals surface area contributed by atoms with Crippen LogP contribution in [0.2, 0.25) is 0 Å². The molecule has 1 aromatic carbocycles. The normalized spacial score (nSPS) is 19.3. The monoisotopic (exact) mass is 337 g/mol. The van der Waals surface area contributed by atoms with Crippen LogP contribution < -0.4 is 5.32 Å². The highest BCUT2D eigenvalue weighted by molar-refractivity contribution is 5.82. The van der Waals surface area contributed by atoms with E-state index in [1.807, 2.05) is 47.7 Å². The maximum Gasteiger partial charge on any atom is 0.223 e. The molecule has 6 nitrogen and oxygen atoms in total. The topological polar surface area (TPSA) is 64.7 Å². The highest BCUT2D eigenvalue weighted by Crippen LogP contribution is 2.47. The van der Waals surface area contributed by atoms with Gasteiger partial charge in [0.2, 0.25) is 5.91 Å². The third kappa shape index (κ3) is 3.04. The number of aromatic nitrogens is 4. The summed E-state index contributed by atoms with van der Waals surface area (Å²) < 4.78 is 3.83. The lowest BCUT2D eigenvalue weighted by Gasteiger charge is -2.06. The van der Waals surface area contributed by atoms with E-state index in [0.29, 0.717) is 12.5 Å². The van der Waals surface area contributed by atoms with Crippen LogP contribution in [0.1, 0.15) is 30.0 Å². The number of carbonyl (C=O) groups excluding carboxylic acids is 1. The van der Waals surface area contributed by atoms with E-state index in [4.69, 9.17) is 0 Å². The van der Waals surface area contributed by atoms with Gasteiger partial charge in [-0.05, 0) is 31.2 Å². The van der Waals surface area contributed by atoms with E-state index >= 15 is 0 Å². The maximum atomic E-state index is 12.3. The van der Waals surface area contributed by atoms with E-state index in [9.17, 15) is 4.79 Å². The largest absolute Gasteiger partial charge is 0.356 e. The van der Waals surface area contributed by atoms with E-state index in [1.165, 1.54) is 5.56 Å². The van der Waals surface area contributed by atoms with Gasteiger partial charge < -0.3 is 5.32 Å². The second-order valence-electron chi connectivity index (χ2n) is 6.81. The third-order valence-electron chi connectivity index (χ3n) is 5.01. The number of hydrogen-bond acceptors (Lipinski definition) is 3. The highest BCUT2D eigenvalue weighted by Gasteiger charge is 2.43. The fourth-order valence-corrected chi connectivity index (χ4v) is 3.61. The summed E-state index contributed by atoms with van der Waals surface area (Å²) in [6, 6.07) is 10.3. The minimum atomic E-state index is 0.138. The van der Waals surface area contributed by atoms with Crippen molar-refractivity contribution < 1.29 is 4.79 Å². The van der Waals surface area contributed by atoms with Crippen LogP contribution in [0.25, 0.3) is 11.0 Å². The van der Waals surface area contributed by atoms with Crippen molar-refractivity contribution in [2.24, 2.45) is 13.0 Å². The van der Waals surface area contributed by atoms with Crippen molar-refractivity contribution >= 4 is 16.9 Å². The molecule has 2 atom stereocenters. The molecule has 1 saturated carbocycles. The Balaban J connectivity index is 1.26. The predicted octanol–water partition coefficient (Wildman–Crippen LogP) is 2.39. The lowest BCUT2D eigenvalue weighted by molar-refractivity contribution is -0.122.